The molecule has 3 aromatic carbocycles. The van der Waals surface area contributed by atoms with E-state index >= 15 is 0 Å². The molecule has 0 fully saturated rings. The number of ether oxygens (including phenoxy) is 1. The monoisotopic (exact) mass is 465 g/mol. The zero-order valence-corrected chi connectivity index (χ0v) is 17.7. The number of nitriles is 2. The van der Waals surface area contributed by atoms with Crippen LogP contribution < -0.4 is 9.57 Å². The number of fused-ring (bicyclic) bond motifs is 1. The van der Waals surface area contributed by atoms with Gasteiger partial charge in [-0.15, -0.1) is 5.10 Å². The highest BCUT2D eigenvalue weighted by Crippen LogP contribution is 2.45. The summed E-state index contributed by atoms with van der Waals surface area (Å²) >= 11 is 12.3. The molecule has 1 atom stereocenters. The van der Waals surface area contributed by atoms with Crippen LogP contribution in [-0.2, 0) is 0 Å². The smallest absolute Gasteiger partial charge is 0.160 e. The van der Waals surface area contributed by atoms with E-state index in [2.05, 4.69) is 10.3 Å². The number of hydrogen-bond donors (Lipinski definition) is 1. The molecule has 0 aliphatic carbocycles. The molecular formula is C22H13Cl2N5O3. The van der Waals surface area contributed by atoms with Crippen molar-refractivity contribution in [2.24, 2.45) is 0 Å². The Labute approximate surface area is 192 Å². The molecule has 1 heterocycles. The molecule has 4 rings (SSSR count). The molecule has 4 aromatic rings. The van der Waals surface area contributed by atoms with Crippen LogP contribution in [0, 0.1) is 22.7 Å². The van der Waals surface area contributed by atoms with Crippen molar-refractivity contribution in [2.75, 3.05) is 6.61 Å². The summed E-state index contributed by atoms with van der Waals surface area (Å²) < 4.78 is 6.05. The van der Waals surface area contributed by atoms with E-state index in [-0.39, 0.29) is 33.5 Å². The summed E-state index contributed by atoms with van der Waals surface area (Å²) in [5.74, 6) is -0.709. The lowest BCUT2D eigenvalue weighted by molar-refractivity contribution is 0.0243. The lowest BCUT2D eigenvalue weighted by Gasteiger charge is -2.22. The topological polar surface area (TPSA) is 117 Å². The predicted octanol–water partition coefficient (Wildman–Crippen LogP) is 4.44. The summed E-state index contributed by atoms with van der Waals surface area (Å²) in [7, 11) is 0. The van der Waals surface area contributed by atoms with E-state index in [1.165, 1.54) is 4.85 Å². The fourth-order valence-electron chi connectivity index (χ4n) is 3.07. The Morgan fingerprint density at radius 3 is 2.38 bits per heavy atom. The number of para-hydroxylation sites is 1. The number of aromatic nitrogens is 3. The summed E-state index contributed by atoms with van der Waals surface area (Å²) in [6.45, 7) is -0.0427. The molecule has 1 aromatic heterocycles. The minimum absolute atomic E-state index is 0.0427. The maximum absolute atomic E-state index is 10.1. The van der Waals surface area contributed by atoms with Crippen LogP contribution in [-0.4, -0.2) is 26.9 Å². The Balaban J connectivity index is 1.72. The van der Waals surface area contributed by atoms with Gasteiger partial charge < -0.3 is 14.7 Å². The van der Waals surface area contributed by atoms with Gasteiger partial charge in [-0.2, -0.15) is 10.5 Å². The number of phenols is 1. The second-order valence-corrected chi connectivity index (χ2v) is 7.30. The van der Waals surface area contributed by atoms with Crippen molar-refractivity contribution < 1.29 is 14.7 Å². The Hall–Kier alpha value is -3.98. The third-order valence-corrected chi connectivity index (χ3v) is 5.46. The summed E-state index contributed by atoms with van der Waals surface area (Å²) in [6.07, 6.45) is -0.768. The first kappa shape index (κ1) is 21.3. The Bertz CT molecular complexity index is 1380. The average Bonchev–Trinajstić information content (AvgIpc) is 3.25. The SMILES string of the molecule is N#Cc1c(O)c(Cl)c(Cl)c(OC(COn2nnc3ccccc32)c2ccccc2)c1C#N. The number of nitrogens with zero attached hydrogens (tertiary/aromatic N) is 5. The third kappa shape index (κ3) is 3.85. The van der Waals surface area contributed by atoms with Crippen LogP contribution in [0.4, 0.5) is 0 Å². The summed E-state index contributed by atoms with van der Waals surface area (Å²) in [4.78, 5) is 7.09. The molecule has 0 spiro atoms. The molecule has 0 aliphatic heterocycles. The molecule has 1 unspecified atom stereocenters. The molecule has 1 N–H and O–H groups in total. The van der Waals surface area contributed by atoms with E-state index < -0.39 is 11.9 Å². The van der Waals surface area contributed by atoms with Gasteiger partial charge in [0, 0.05) is 0 Å². The molecule has 0 amide bonds. The quantitative estimate of drug-likeness (QED) is 0.447. The van der Waals surface area contributed by atoms with Crippen molar-refractivity contribution in [2.45, 2.75) is 6.10 Å². The minimum Gasteiger partial charge on any atom is -0.505 e. The maximum Gasteiger partial charge on any atom is 0.160 e. The van der Waals surface area contributed by atoms with Gasteiger partial charge in [-0.3, -0.25) is 0 Å². The Morgan fingerprint density at radius 2 is 1.66 bits per heavy atom. The van der Waals surface area contributed by atoms with E-state index in [0.29, 0.717) is 16.6 Å². The molecular weight excluding hydrogens is 453 g/mol. The van der Waals surface area contributed by atoms with Crippen molar-refractivity contribution in [3.63, 3.8) is 0 Å². The Kier molecular flexibility index (Phi) is 6.00. The second kappa shape index (κ2) is 9.03. The predicted molar refractivity (Wildman–Crippen MR) is 116 cm³/mol. The number of benzene rings is 3. The lowest BCUT2D eigenvalue weighted by Crippen LogP contribution is -2.24. The fraction of sp³-hybridized carbons (Fsp3) is 0.0909. The van der Waals surface area contributed by atoms with Gasteiger partial charge in [0.05, 0.1) is 0 Å². The second-order valence-electron chi connectivity index (χ2n) is 6.54. The van der Waals surface area contributed by atoms with Gasteiger partial charge in [0.2, 0.25) is 0 Å². The molecule has 10 heteroatoms. The highest BCUT2D eigenvalue weighted by molar-refractivity contribution is 6.44. The first-order chi connectivity index (χ1) is 15.5. The average molecular weight is 466 g/mol. The molecule has 0 aliphatic rings. The van der Waals surface area contributed by atoms with Gasteiger partial charge in [-0.05, 0) is 22.9 Å². The van der Waals surface area contributed by atoms with E-state index in [4.69, 9.17) is 32.8 Å². The van der Waals surface area contributed by atoms with E-state index in [1.807, 2.05) is 36.4 Å². The minimum atomic E-state index is -0.768. The highest BCUT2D eigenvalue weighted by atomic mass is 35.5. The van der Waals surface area contributed by atoms with Crippen LogP contribution >= 0.6 is 23.2 Å². The molecule has 8 nitrogen and oxygen atoms in total. The van der Waals surface area contributed by atoms with Crippen LogP contribution in [0.1, 0.15) is 22.8 Å². The van der Waals surface area contributed by atoms with Crippen molar-refractivity contribution in [1.29, 1.82) is 10.5 Å². The van der Waals surface area contributed by atoms with Crippen LogP contribution in [0.5, 0.6) is 11.5 Å². The molecule has 0 saturated carbocycles. The molecule has 0 bridgehead atoms. The first-order valence-corrected chi connectivity index (χ1v) is 10.00. The van der Waals surface area contributed by atoms with Crippen molar-refractivity contribution in [3.8, 4) is 23.6 Å². The van der Waals surface area contributed by atoms with Gasteiger partial charge in [0.15, 0.2) is 24.2 Å². The summed E-state index contributed by atoms with van der Waals surface area (Å²) in [5.41, 5.74) is 1.47. The maximum atomic E-state index is 10.1. The summed E-state index contributed by atoms with van der Waals surface area (Å²) in [6, 6.07) is 20.0. The van der Waals surface area contributed by atoms with E-state index in [0.717, 1.165) is 0 Å². The van der Waals surface area contributed by atoms with Gasteiger partial charge in [-0.1, -0.05) is 70.5 Å². The highest BCUT2D eigenvalue weighted by Gasteiger charge is 2.27. The van der Waals surface area contributed by atoms with Crippen molar-refractivity contribution in [3.05, 3.63) is 81.3 Å². The standard InChI is InChI=1S/C22H13Cl2N5O3/c23-19-20(24)22(15(11-26)14(10-25)21(19)30)32-18(13-6-2-1-3-7-13)12-31-29-17-9-5-4-8-16(17)27-28-29/h1-9,18,30H,12H2. The third-order valence-electron chi connectivity index (χ3n) is 4.64. The normalized spacial score (nSPS) is 11.5. The molecule has 0 saturated heterocycles. The number of rotatable bonds is 6. The number of phenolic OH excluding ortho intramolecular Hbond substituents is 1. The number of hydrogen-bond acceptors (Lipinski definition) is 7. The fourth-order valence-corrected chi connectivity index (χ4v) is 3.48. The lowest BCUT2D eigenvalue weighted by atomic mass is 10.1. The van der Waals surface area contributed by atoms with Gasteiger partial charge in [0.25, 0.3) is 0 Å². The zero-order chi connectivity index (χ0) is 22.7. The first-order valence-electron chi connectivity index (χ1n) is 9.24. The van der Waals surface area contributed by atoms with Gasteiger partial charge in [0.1, 0.15) is 44.3 Å². The van der Waals surface area contributed by atoms with E-state index in [9.17, 15) is 15.6 Å². The summed E-state index contributed by atoms with van der Waals surface area (Å²) in [5, 5.41) is 36.7. The Morgan fingerprint density at radius 1 is 0.969 bits per heavy atom. The van der Waals surface area contributed by atoms with Gasteiger partial charge in [-0.25, -0.2) is 0 Å². The molecule has 32 heavy (non-hydrogen) atoms. The van der Waals surface area contributed by atoms with Crippen LogP contribution in [0.25, 0.3) is 11.0 Å². The molecule has 0 radical (unpaired) electrons. The van der Waals surface area contributed by atoms with Crippen LogP contribution in [0.3, 0.4) is 0 Å². The zero-order valence-electron chi connectivity index (χ0n) is 16.2. The van der Waals surface area contributed by atoms with Crippen LogP contribution in [0.2, 0.25) is 10.0 Å². The van der Waals surface area contributed by atoms with Crippen molar-refractivity contribution >= 4 is 34.2 Å². The van der Waals surface area contributed by atoms with Gasteiger partial charge >= 0.3 is 0 Å². The largest absolute Gasteiger partial charge is 0.505 e. The number of aromatic hydroxyl groups is 1. The molecule has 158 valence electrons. The number of halogens is 2. The van der Waals surface area contributed by atoms with E-state index in [1.54, 1.807) is 30.3 Å². The van der Waals surface area contributed by atoms with Crippen LogP contribution in [0.15, 0.2) is 54.6 Å². The van der Waals surface area contributed by atoms with Crippen molar-refractivity contribution in [1.82, 2.24) is 15.2 Å².